The molecule has 17 heavy (non-hydrogen) atoms. The summed E-state index contributed by atoms with van der Waals surface area (Å²) in [6.07, 6.45) is 9.82. The van der Waals surface area contributed by atoms with Crippen LogP contribution in [0.3, 0.4) is 0 Å². The van der Waals surface area contributed by atoms with Crippen LogP contribution in [0.15, 0.2) is 0 Å². The van der Waals surface area contributed by atoms with Crippen molar-refractivity contribution in [3.8, 4) is 0 Å². The van der Waals surface area contributed by atoms with Crippen LogP contribution in [0.4, 0.5) is 0 Å². The Morgan fingerprint density at radius 2 is 1.65 bits per heavy atom. The number of nitrogens with one attached hydrogen (secondary N) is 1. The van der Waals surface area contributed by atoms with Crippen LogP contribution in [-0.2, 0) is 4.74 Å². The second-order valence-electron chi connectivity index (χ2n) is 5.41. The SMILES string of the molecule is CN(C)CCOCCNC1CCCCCCC1. The summed E-state index contributed by atoms with van der Waals surface area (Å²) in [5.41, 5.74) is 0. The average molecular weight is 242 g/mol. The molecule has 0 aliphatic heterocycles. The van der Waals surface area contributed by atoms with E-state index in [9.17, 15) is 0 Å². The van der Waals surface area contributed by atoms with Gasteiger partial charge in [0.25, 0.3) is 0 Å². The summed E-state index contributed by atoms with van der Waals surface area (Å²) in [5, 5.41) is 3.64. The van der Waals surface area contributed by atoms with Crippen molar-refractivity contribution in [2.45, 2.75) is 51.0 Å². The zero-order chi connectivity index (χ0) is 12.3. The molecule has 102 valence electrons. The van der Waals surface area contributed by atoms with E-state index in [0.717, 1.165) is 32.3 Å². The Morgan fingerprint density at radius 1 is 1.00 bits per heavy atom. The highest BCUT2D eigenvalue weighted by Crippen LogP contribution is 2.16. The predicted molar refractivity (Wildman–Crippen MR) is 73.5 cm³/mol. The van der Waals surface area contributed by atoms with Gasteiger partial charge in [0, 0.05) is 19.1 Å². The molecule has 0 atom stereocenters. The quantitative estimate of drug-likeness (QED) is 0.693. The number of hydrogen-bond donors (Lipinski definition) is 1. The topological polar surface area (TPSA) is 24.5 Å². The van der Waals surface area contributed by atoms with Gasteiger partial charge in [0.15, 0.2) is 0 Å². The summed E-state index contributed by atoms with van der Waals surface area (Å²) >= 11 is 0. The first-order valence-electron chi connectivity index (χ1n) is 7.25. The molecule has 0 aromatic carbocycles. The lowest BCUT2D eigenvalue weighted by Gasteiger charge is -2.21. The molecule has 0 aromatic heterocycles. The standard InChI is InChI=1S/C14H30N2O/c1-16(2)11-13-17-12-10-15-14-8-6-4-3-5-7-9-14/h14-15H,3-13H2,1-2H3. The minimum absolute atomic E-state index is 0.743. The highest BCUT2D eigenvalue weighted by molar-refractivity contribution is 4.69. The Hall–Kier alpha value is -0.120. The van der Waals surface area contributed by atoms with E-state index in [0.29, 0.717) is 0 Å². The van der Waals surface area contributed by atoms with Crippen LogP contribution in [0.25, 0.3) is 0 Å². The smallest absolute Gasteiger partial charge is 0.0593 e. The second-order valence-corrected chi connectivity index (χ2v) is 5.41. The molecule has 1 N–H and O–H groups in total. The lowest BCUT2D eigenvalue weighted by atomic mass is 9.97. The summed E-state index contributed by atoms with van der Waals surface area (Å²) < 4.78 is 5.59. The van der Waals surface area contributed by atoms with Crippen molar-refractivity contribution in [2.24, 2.45) is 0 Å². The molecule has 0 unspecified atom stereocenters. The molecule has 0 spiro atoms. The molecule has 0 bridgehead atoms. The summed E-state index contributed by atoms with van der Waals surface area (Å²) in [5.74, 6) is 0. The molecular formula is C14H30N2O. The van der Waals surface area contributed by atoms with Gasteiger partial charge in [0.1, 0.15) is 0 Å². The molecule has 1 fully saturated rings. The van der Waals surface area contributed by atoms with Crippen molar-refractivity contribution in [1.29, 1.82) is 0 Å². The van der Waals surface area contributed by atoms with E-state index in [1.807, 2.05) is 0 Å². The second kappa shape index (κ2) is 9.86. The molecule has 1 saturated carbocycles. The lowest BCUT2D eigenvalue weighted by molar-refractivity contribution is 0.116. The summed E-state index contributed by atoms with van der Waals surface area (Å²) in [6, 6.07) is 0.743. The average Bonchev–Trinajstić information content (AvgIpc) is 2.25. The van der Waals surface area contributed by atoms with Crippen molar-refractivity contribution in [2.75, 3.05) is 40.4 Å². The third-order valence-electron chi connectivity index (χ3n) is 3.47. The van der Waals surface area contributed by atoms with E-state index in [1.54, 1.807) is 0 Å². The van der Waals surface area contributed by atoms with Crippen LogP contribution >= 0.6 is 0 Å². The van der Waals surface area contributed by atoms with Gasteiger partial charge in [-0.2, -0.15) is 0 Å². The van der Waals surface area contributed by atoms with Gasteiger partial charge in [-0.15, -0.1) is 0 Å². The van der Waals surface area contributed by atoms with Gasteiger partial charge < -0.3 is 15.0 Å². The number of likely N-dealkylation sites (N-methyl/N-ethyl adjacent to an activating group) is 1. The fourth-order valence-electron chi connectivity index (χ4n) is 2.34. The van der Waals surface area contributed by atoms with E-state index >= 15 is 0 Å². The molecule has 1 aliphatic carbocycles. The predicted octanol–water partition coefficient (Wildman–Crippen LogP) is 2.27. The Balaban J connectivity index is 1.93. The highest BCUT2D eigenvalue weighted by atomic mass is 16.5. The molecular weight excluding hydrogens is 212 g/mol. The van der Waals surface area contributed by atoms with E-state index in [4.69, 9.17) is 4.74 Å². The van der Waals surface area contributed by atoms with Gasteiger partial charge in [-0.3, -0.25) is 0 Å². The van der Waals surface area contributed by atoms with Crippen LogP contribution in [0.1, 0.15) is 44.9 Å². The van der Waals surface area contributed by atoms with Gasteiger partial charge in [0.2, 0.25) is 0 Å². The maximum Gasteiger partial charge on any atom is 0.0593 e. The van der Waals surface area contributed by atoms with Crippen molar-refractivity contribution < 1.29 is 4.74 Å². The summed E-state index contributed by atoms with van der Waals surface area (Å²) in [4.78, 5) is 2.15. The minimum atomic E-state index is 0.743. The van der Waals surface area contributed by atoms with Gasteiger partial charge in [-0.1, -0.05) is 32.1 Å². The molecule has 0 radical (unpaired) electrons. The molecule has 3 nitrogen and oxygen atoms in total. The van der Waals surface area contributed by atoms with Crippen molar-refractivity contribution in [3.05, 3.63) is 0 Å². The van der Waals surface area contributed by atoms with E-state index in [1.165, 1.54) is 44.9 Å². The summed E-state index contributed by atoms with van der Waals surface area (Å²) in [6.45, 7) is 3.73. The monoisotopic (exact) mass is 242 g/mol. The lowest BCUT2D eigenvalue weighted by Crippen LogP contribution is -2.33. The highest BCUT2D eigenvalue weighted by Gasteiger charge is 2.09. The maximum absolute atomic E-state index is 5.59. The molecule has 0 heterocycles. The first kappa shape index (κ1) is 14.9. The molecule has 0 aromatic rings. The first-order chi connectivity index (χ1) is 8.29. The fraction of sp³-hybridized carbons (Fsp3) is 1.00. The maximum atomic E-state index is 5.59. The zero-order valence-corrected chi connectivity index (χ0v) is 11.7. The summed E-state index contributed by atoms with van der Waals surface area (Å²) in [7, 11) is 4.16. The third-order valence-corrected chi connectivity index (χ3v) is 3.47. The Kier molecular flexibility index (Phi) is 8.67. The third kappa shape index (κ3) is 8.58. The van der Waals surface area contributed by atoms with E-state index < -0.39 is 0 Å². The van der Waals surface area contributed by atoms with Crippen LogP contribution in [0.2, 0.25) is 0 Å². The van der Waals surface area contributed by atoms with Crippen molar-refractivity contribution in [1.82, 2.24) is 10.2 Å². The molecule has 3 heteroatoms. The van der Waals surface area contributed by atoms with Crippen molar-refractivity contribution >= 4 is 0 Å². The van der Waals surface area contributed by atoms with E-state index in [-0.39, 0.29) is 0 Å². The first-order valence-corrected chi connectivity index (χ1v) is 7.25. The number of ether oxygens (including phenoxy) is 1. The minimum Gasteiger partial charge on any atom is -0.379 e. The normalized spacial score (nSPS) is 19.2. The van der Waals surface area contributed by atoms with E-state index in [2.05, 4.69) is 24.3 Å². The van der Waals surface area contributed by atoms with Crippen LogP contribution in [0.5, 0.6) is 0 Å². The van der Waals surface area contributed by atoms with Crippen LogP contribution < -0.4 is 5.32 Å². The molecule has 0 saturated heterocycles. The Morgan fingerprint density at radius 3 is 2.29 bits per heavy atom. The zero-order valence-electron chi connectivity index (χ0n) is 11.7. The molecule has 0 amide bonds. The fourth-order valence-corrected chi connectivity index (χ4v) is 2.34. The van der Waals surface area contributed by atoms with Gasteiger partial charge in [0.05, 0.1) is 13.2 Å². The van der Waals surface area contributed by atoms with Gasteiger partial charge >= 0.3 is 0 Å². The van der Waals surface area contributed by atoms with Crippen LogP contribution in [0, 0.1) is 0 Å². The largest absolute Gasteiger partial charge is 0.379 e. The Bertz CT molecular complexity index is 166. The number of rotatable bonds is 7. The number of nitrogens with zero attached hydrogens (tertiary/aromatic N) is 1. The molecule has 1 rings (SSSR count). The number of hydrogen-bond acceptors (Lipinski definition) is 3. The van der Waals surface area contributed by atoms with Gasteiger partial charge in [-0.25, -0.2) is 0 Å². The van der Waals surface area contributed by atoms with Gasteiger partial charge in [-0.05, 0) is 26.9 Å². The van der Waals surface area contributed by atoms with Crippen LogP contribution in [-0.4, -0.2) is 51.3 Å². The Labute approximate surface area is 107 Å². The molecule has 1 aliphatic rings. The van der Waals surface area contributed by atoms with Crippen molar-refractivity contribution in [3.63, 3.8) is 0 Å².